The molecule has 0 N–H and O–H groups in total. The Labute approximate surface area is 156 Å². The van der Waals surface area contributed by atoms with Crippen molar-refractivity contribution in [2.24, 2.45) is 34.5 Å². The van der Waals surface area contributed by atoms with Crippen LogP contribution in [0.1, 0.15) is 64.6 Å². The third-order valence-corrected chi connectivity index (χ3v) is 8.70. The number of furan rings is 1. The molecule has 26 heavy (non-hydrogen) atoms. The Morgan fingerprint density at radius 1 is 1.08 bits per heavy atom. The SMILES string of the molecule is C[C@]12CCC(C=O)CC1=CC[C@@H]1[C@@H]2CC[C@]2(C)C(c3ccco3)=CC[C@@H]12. The van der Waals surface area contributed by atoms with Crippen molar-refractivity contribution in [3.63, 3.8) is 0 Å². The van der Waals surface area contributed by atoms with Crippen LogP contribution < -0.4 is 0 Å². The van der Waals surface area contributed by atoms with E-state index in [-0.39, 0.29) is 11.3 Å². The predicted molar refractivity (Wildman–Crippen MR) is 103 cm³/mol. The second-order valence-electron chi connectivity index (χ2n) is 9.69. The van der Waals surface area contributed by atoms with Gasteiger partial charge in [-0.3, -0.25) is 0 Å². The van der Waals surface area contributed by atoms with Gasteiger partial charge in [0.25, 0.3) is 0 Å². The van der Waals surface area contributed by atoms with Gasteiger partial charge in [-0.25, -0.2) is 0 Å². The van der Waals surface area contributed by atoms with Gasteiger partial charge in [0.2, 0.25) is 0 Å². The van der Waals surface area contributed by atoms with E-state index in [9.17, 15) is 4.79 Å². The van der Waals surface area contributed by atoms with E-state index in [1.807, 2.05) is 6.07 Å². The first-order valence-corrected chi connectivity index (χ1v) is 10.5. The van der Waals surface area contributed by atoms with Crippen LogP contribution in [0.2, 0.25) is 0 Å². The predicted octanol–water partition coefficient (Wildman–Crippen LogP) is 6.05. The minimum atomic E-state index is 0.262. The molecule has 1 aromatic rings. The third kappa shape index (κ3) is 2.14. The van der Waals surface area contributed by atoms with E-state index in [4.69, 9.17) is 4.42 Å². The highest BCUT2D eigenvalue weighted by molar-refractivity contribution is 5.69. The van der Waals surface area contributed by atoms with Crippen molar-refractivity contribution in [2.75, 3.05) is 0 Å². The smallest absolute Gasteiger partial charge is 0.130 e. The molecule has 0 aliphatic heterocycles. The lowest BCUT2D eigenvalue weighted by atomic mass is 9.47. The molecular weight excluding hydrogens is 320 g/mol. The molecule has 0 aromatic carbocycles. The Morgan fingerprint density at radius 3 is 2.69 bits per heavy atom. The van der Waals surface area contributed by atoms with Gasteiger partial charge in [0, 0.05) is 5.92 Å². The Bertz CT molecular complexity index is 770. The summed E-state index contributed by atoms with van der Waals surface area (Å²) >= 11 is 0. The van der Waals surface area contributed by atoms with Gasteiger partial charge in [-0.15, -0.1) is 0 Å². The quantitative estimate of drug-likeness (QED) is 0.480. The molecule has 0 radical (unpaired) electrons. The van der Waals surface area contributed by atoms with Crippen LogP contribution >= 0.6 is 0 Å². The van der Waals surface area contributed by atoms with Crippen molar-refractivity contribution in [3.8, 4) is 0 Å². The second-order valence-corrected chi connectivity index (χ2v) is 9.69. The number of fused-ring (bicyclic) bond motifs is 5. The fraction of sp³-hybridized carbons (Fsp3) is 0.625. The summed E-state index contributed by atoms with van der Waals surface area (Å²) in [4.78, 5) is 11.3. The zero-order valence-corrected chi connectivity index (χ0v) is 16.0. The maximum Gasteiger partial charge on any atom is 0.130 e. The van der Waals surface area contributed by atoms with Crippen LogP contribution in [0, 0.1) is 34.5 Å². The lowest BCUT2D eigenvalue weighted by Gasteiger charge is -2.57. The van der Waals surface area contributed by atoms with E-state index < -0.39 is 0 Å². The molecule has 0 saturated heterocycles. The molecular formula is C24H30O2. The minimum absolute atomic E-state index is 0.262. The summed E-state index contributed by atoms with van der Waals surface area (Å²) in [6.07, 6.45) is 16.3. The topological polar surface area (TPSA) is 30.2 Å². The Kier molecular flexibility index (Phi) is 3.64. The third-order valence-electron chi connectivity index (χ3n) is 8.70. The highest BCUT2D eigenvalue weighted by Gasteiger charge is 2.57. The van der Waals surface area contributed by atoms with Gasteiger partial charge >= 0.3 is 0 Å². The number of allylic oxidation sites excluding steroid dienone is 4. The van der Waals surface area contributed by atoms with E-state index in [0.29, 0.717) is 5.41 Å². The zero-order valence-electron chi connectivity index (χ0n) is 16.0. The summed E-state index contributed by atoms with van der Waals surface area (Å²) in [5.41, 5.74) is 3.65. The molecule has 2 fully saturated rings. The molecule has 0 amide bonds. The van der Waals surface area contributed by atoms with Gasteiger partial charge < -0.3 is 9.21 Å². The molecule has 2 heteroatoms. The molecule has 1 unspecified atom stereocenters. The standard InChI is InChI=1S/C24H30O2/c1-23-11-9-16(15-25)14-17(23)5-6-18-19-7-8-21(22-4-3-13-26-22)24(19,2)12-10-20(18)23/h3-5,8,13,15-16,18-20H,6-7,9-12,14H2,1-2H3/t16?,18-,19-,20-,23-,24-/m0/s1. The summed E-state index contributed by atoms with van der Waals surface area (Å²) in [5, 5.41) is 0. The Morgan fingerprint density at radius 2 is 1.92 bits per heavy atom. The number of carbonyl (C=O) groups is 1. The van der Waals surface area contributed by atoms with Crippen LogP contribution in [-0.2, 0) is 4.79 Å². The van der Waals surface area contributed by atoms with Crippen LogP contribution in [0.3, 0.4) is 0 Å². The first kappa shape index (κ1) is 16.6. The summed E-state index contributed by atoms with van der Waals surface area (Å²) in [7, 11) is 0. The minimum Gasteiger partial charge on any atom is -0.465 e. The van der Waals surface area contributed by atoms with Gasteiger partial charge in [0.05, 0.1) is 6.26 Å². The van der Waals surface area contributed by atoms with E-state index in [2.05, 4.69) is 32.1 Å². The second kappa shape index (κ2) is 5.71. The van der Waals surface area contributed by atoms with E-state index >= 15 is 0 Å². The van der Waals surface area contributed by atoms with Gasteiger partial charge in [0.15, 0.2) is 0 Å². The van der Waals surface area contributed by atoms with Crippen LogP contribution in [0.5, 0.6) is 0 Å². The first-order valence-electron chi connectivity index (χ1n) is 10.5. The molecule has 138 valence electrons. The molecule has 0 spiro atoms. The zero-order chi connectivity index (χ0) is 17.9. The monoisotopic (exact) mass is 350 g/mol. The number of rotatable bonds is 2. The lowest BCUT2D eigenvalue weighted by Crippen LogP contribution is -2.49. The molecule has 1 aromatic heterocycles. The van der Waals surface area contributed by atoms with Crippen LogP contribution in [0.15, 0.2) is 40.5 Å². The van der Waals surface area contributed by atoms with Crippen molar-refractivity contribution < 1.29 is 9.21 Å². The fourth-order valence-electron chi connectivity index (χ4n) is 7.19. The highest BCUT2D eigenvalue weighted by Crippen LogP contribution is 2.66. The maximum atomic E-state index is 11.3. The van der Waals surface area contributed by atoms with Gasteiger partial charge in [-0.2, -0.15) is 0 Å². The average Bonchev–Trinajstić information content (AvgIpc) is 3.27. The molecule has 4 aliphatic carbocycles. The summed E-state index contributed by atoms with van der Waals surface area (Å²) < 4.78 is 5.78. The summed E-state index contributed by atoms with van der Waals surface area (Å²) in [6, 6.07) is 4.15. The summed E-state index contributed by atoms with van der Waals surface area (Å²) in [6.45, 7) is 5.00. The van der Waals surface area contributed by atoms with E-state index in [1.54, 1.807) is 11.8 Å². The van der Waals surface area contributed by atoms with Crippen molar-refractivity contribution in [3.05, 3.63) is 41.9 Å². The number of carbonyl (C=O) groups excluding carboxylic acids is 1. The molecule has 4 aliphatic rings. The van der Waals surface area contributed by atoms with Crippen molar-refractivity contribution in [1.82, 2.24) is 0 Å². The molecule has 0 bridgehead atoms. The van der Waals surface area contributed by atoms with Gasteiger partial charge in [0.1, 0.15) is 12.0 Å². The number of hydrogen-bond acceptors (Lipinski definition) is 2. The largest absolute Gasteiger partial charge is 0.465 e. The van der Waals surface area contributed by atoms with Crippen molar-refractivity contribution in [1.29, 1.82) is 0 Å². The molecule has 6 atom stereocenters. The Balaban J connectivity index is 1.46. The molecule has 1 heterocycles. The van der Waals surface area contributed by atoms with Gasteiger partial charge in [-0.05, 0) is 91.2 Å². The Hall–Kier alpha value is -1.57. The van der Waals surface area contributed by atoms with Crippen LogP contribution in [-0.4, -0.2) is 6.29 Å². The van der Waals surface area contributed by atoms with Crippen molar-refractivity contribution >= 4 is 11.9 Å². The number of hydrogen-bond donors (Lipinski definition) is 0. The van der Waals surface area contributed by atoms with Crippen molar-refractivity contribution in [2.45, 2.75) is 58.8 Å². The maximum absolute atomic E-state index is 11.3. The molecule has 2 nitrogen and oxygen atoms in total. The van der Waals surface area contributed by atoms with Crippen LogP contribution in [0.25, 0.3) is 5.57 Å². The summed E-state index contributed by atoms with van der Waals surface area (Å²) in [5.74, 6) is 3.65. The highest BCUT2D eigenvalue weighted by atomic mass is 16.3. The normalized spacial score (nSPS) is 44.4. The molecule has 5 rings (SSSR count). The van der Waals surface area contributed by atoms with E-state index in [1.165, 1.54) is 44.0 Å². The van der Waals surface area contributed by atoms with E-state index in [0.717, 1.165) is 36.4 Å². The van der Waals surface area contributed by atoms with Crippen LogP contribution in [0.4, 0.5) is 0 Å². The fourth-order valence-corrected chi connectivity index (χ4v) is 7.19. The lowest BCUT2D eigenvalue weighted by molar-refractivity contribution is -0.112. The first-order chi connectivity index (χ1) is 12.6. The average molecular weight is 351 g/mol. The molecule has 2 saturated carbocycles. The van der Waals surface area contributed by atoms with Gasteiger partial charge in [-0.1, -0.05) is 31.6 Å². The number of aldehydes is 1.